The molecule has 0 fully saturated rings. The minimum absolute atomic E-state index is 0.0158. The molecular formula is C45H37NO7. The summed E-state index contributed by atoms with van der Waals surface area (Å²) in [4.78, 5) is 28.3. The molecule has 8 nitrogen and oxygen atoms in total. The van der Waals surface area contributed by atoms with E-state index < -0.39 is 30.1 Å². The first-order valence-corrected chi connectivity index (χ1v) is 17.5. The SMILES string of the molecule is COc1ccc(C(OC(=O)C(NC(=O)OCC2c3ccccc3-c3ccccc32)c2ccc(O)cc2)C2c3ccccc3-c3ccccc32)c(OC)c1. The van der Waals surface area contributed by atoms with E-state index in [1.807, 2.05) is 78.9 Å². The highest BCUT2D eigenvalue weighted by atomic mass is 16.6. The molecule has 8 heteroatoms. The fourth-order valence-electron chi connectivity index (χ4n) is 7.78. The quantitative estimate of drug-likeness (QED) is 0.137. The molecular weight excluding hydrogens is 666 g/mol. The second-order valence-corrected chi connectivity index (χ2v) is 13.1. The Balaban J connectivity index is 1.13. The minimum atomic E-state index is -1.27. The molecule has 264 valence electrons. The average Bonchev–Trinajstić information content (AvgIpc) is 3.71. The average molecular weight is 704 g/mol. The molecule has 6 aromatic carbocycles. The van der Waals surface area contributed by atoms with Crippen LogP contribution in [0.15, 0.2) is 140 Å². The van der Waals surface area contributed by atoms with Crippen LogP contribution in [0.3, 0.4) is 0 Å². The predicted molar refractivity (Wildman–Crippen MR) is 201 cm³/mol. The van der Waals surface area contributed by atoms with Gasteiger partial charge in [0.1, 0.15) is 30.0 Å². The number of carbonyl (C=O) groups is 2. The van der Waals surface area contributed by atoms with Gasteiger partial charge in [-0.15, -0.1) is 0 Å². The topological polar surface area (TPSA) is 103 Å². The molecule has 0 spiro atoms. The molecule has 1 amide bonds. The van der Waals surface area contributed by atoms with Gasteiger partial charge in [-0.25, -0.2) is 9.59 Å². The first kappa shape index (κ1) is 33.6. The largest absolute Gasteiger partial charge is 0.508 e. The van der Waals surface area contributed by atoms with Crippen LogP contribution in [0.5, 0.6) is 17.2 Å². The van der Waals surface area contributed by atoms with Crippen LogP contribution < -0.4 is 14.8 Å². The van der Waals surface area contributed by atoms with Crippen LogP contribution in [-0.4, -0.2) is 38.0 Å². The normalized spacial score (nSPS) is 13.8. The van der Waals surface area contributed by atoms with Gasteiger partial charge in [0.05, 0.1) is 20.1 Å². The molecule has 53 heavy (non-hydrogen) atoms. The lowest BCUT2D eigenvalue weighted by Crippen LogP contribution is -2.37. The van der Waals surface area contributed by atoms with Crippen LogP contribution in [0, 0.1) is 0 Å². The van der Waals surface area contributed by atoms with Crippen LogP contribution in [0.2, 0.25) is 0 Å². The van der Waals surface area contributed by atoms with Gasteiger partial charge in [0.25, 0.3) is 0 Å². The van der Waals surface area contributed by atoms with Gasteiger partial charge in [0.15, 0.2) is 6.04 Å². The van der Waals surface area contributed by atoms with E-state index in [2.05, 4.69) is 29.6 Å². The molecule has 2 aliphatic carbocycles. The first-order valence-electron chi connectivity index (χ1n) is 17.5. The van der Waals surface area contributed by atoms with Gasteiger partial charge in [-0.2, -0.15) is 0 Å². The number of amides is 1. The Kier molecular flexibility index (Phi) is 9.02. The van der Waals surface area contributed by atoms with Crippen LogP contribution in [-0.2, 0) is 14.3 Å². The molecule has 2 unspecified atom stereocenters. The number of phenolic OH excluding ortho intramolecular Hbond substituents is 1. The third-order valence-electron chi connectivity index (χ3n) is 10.2. The minimum Gasteiger partial charge on any atom is -0.508 e. The Hall–Kier alpha value is -6.54. The van der Waals surface area contributed by atoms with Gasteiger partial charge in [-0.1, -0.05) is 109 Å². The zero-order valence-electron chi connectivity index (χ0n) is 29.2. The van der Waals surface area contributed by atoms with Crippen molar-refractivity contribution in [2.24, 2.45) is 0 Å². The standard InChI is InChI=1S/C45H37NO7/c1-50-29-23-24-38(40(25-29)51-2)43(41-36-17-9-7-13-32(36)33-14-8-10-18-37(33)41)53-44(48)42(27-19-21-28(47)22-20-27)46-45(49)52-26-39-34-15-5-3-11-30(34)31-12-4-6-16-35(31)39/h3-25,39,41-43,47H,26H2,1-2H3,(H,46,49). The zero-order chi connectivity index (χ0) is 36.5. The summed E-state index contributed by atoms with van der Waals surface area (Å²) in [5.41, 5.74) is 9.49. The molecule has 0 heterocycles. The number of ether oxygens (including phenoxy) is 4. The second kappa shape index (κ2) is 14.2. The molecule has 2 aliphatic rings. The smallest absolute Gasteiger partial charge is 0.408 e. The van der Waals surface area contributed by atoms with E-state index >= 15 is 0 Å². The van der Waals surface area contributed by atoms with E-state index in [4.69, 9.17) is 18.9 Å². The van der Waals surface area contributed by atoms with Crippen molar-refractivity contribution in [3.8, 4) is 39.5 Å². The van der Waals surface area contributed by atoms with Crippen molar-refractivity contribution in [2.45, 2.75) is 24.0 Å². The summed E-state index contributed by atoms with van der Waals surface area (Å²) >= 11 is 0. The lowest BCUT2D eigenvalue weighted by atomic mass is 9.86. The predicted octanol–water partition coefficient (Wildman–Crippen LogP) is 9.09. The van der Waals surface area contributed by atoms with Crippen molar-refractivity contribution in [1.82, 2.24) is 5.32 Å². The van der Waals surface area contributed by atoms with Crippen molar-refractivity contribution in [2.75, 3.05) is 20.8 Å². The molecule has 0 saturated carbocycles. The number of rotatable bonds is 10. The van der Waals surface area contributed by atoms with Crippen molar-refractivity contribution in [3.63, 3.8) is 0 Å². The molecule has 0 saturated heterocycles. The van der Waals surface area contributed by atoms with E-state index in [1.165, 1.54) is 12.1 Å². The first-order chi connectivity index (χ1) is 25.9. The van der Waals surface area contributed by atoms with Gasteiger partial charge in [-0.05, 0) is 74.3 Å². The second-order valence-electron chi connectivity index (χ2n) is 13.1. The van der Waals surface area contributed by atoms with Crippen molar-refractivity contribution < 1.29 is 33.6 Å². The van der Waals surface area contributed by atoms with Crippen LogP contribution >= 0.6 is 0 Å². The van der Waals surface area contributed by atoms with Crippen molar-refractivity contribution in [3.05, 3.63) is 173 Å². The number of methoxy groups -OCH3 is 2. The van der Waals surface area contributed by atoms with Crippen LogP contribution in [0.4, 0.5) is 4.79 Å². The summed E-state index contributed by atoms with van der Waals surface area (Å²) in [6, 6.07) is 42.5. The number of hydrogen-bond acceptors (Lipinski definition) is 7. The van der Waals surface area contributed by atoms with Gasteiger partial charge in [0, 0.05) is 17.5 Å². The Morgan fingerprint density at radius 2 is 1.19 bits per heavy atom. The number of benzene rings is 6. The van der Waals surface area contributed by atoms with Crippen molar-refractivity contribution >= 4 is 12.1 Å². The fourth-order valence-corrected chi connectivity index (χ4v) is 7.78. The number of aromatic hydroxyl groups is 1. The summed E-state index contributed by atoms with van der Waals surface area (Å²) in [5, 5.41) is 12.9. The molecule has 2 atom stereocenters. The number of esters is 1. The summed E-state index contributed by atoms with van der Waals surface area (Å²) in [6.45, 7) is 0.0680. The summed E-state index contributed by atoms with van der Waals surface area (Å²) in [7, 11) is 3.14. The van der Waals surface area contributed by atoms with Gasteiger partial charge in [0.2, 0.25) is 0 Å². The number of phenols is 1. The number of hydrogen-bond donors (Lipinski definition) is 2. The summed E-state index contributed by atoms with van der Waals surface area (Å²) < 4.78 is 23.8. The summed E-state index contributed by atoms with van der Waals surface area (Å²) in [5.74, 6) is -0.197. The number of fused-ring (bicyclic) bond motifs is 6. The molecule has 0 aromatic heterocycles. The highest BCUT2D eigenvalue weighted by Gasteiger charge is 2.40. The number of carbonyl (C=O) groups excluding carboxylic acids is 2. The van der Waals surface area contributed by atoms with E-state index in [-0.39, 0.29) is 18.3 Å². The van der Waals surface area contributed by atoms with Gasteiger partial charge >= 0.3 is 12.1 Å². The molecule has 0 radical (unpaired) electrons. The lowest BCUT2D eigenvalue weighted by molar-refractivity contribution is -0.153. The Bertz CT molecular complexity index is 2230. The Morgan fingerprint density at radius 3 is 1.74 bits per heavy atom. The van der Waals surface area contributed by atoms with Crippen molar-refractivity contribution in [1.29, 1.82) is 0 Å². The van der Waals surface area contributed by atoms with Crippen LogP contribution in [0.25, 0.3) is 22.3 Å². The third kappa shape index (κ3) is 6.22. The third-order valence-corrected chi connectivity index (χ3v) is 10.2. The molecule has 0 bridgehead atoms. The maximum absolute atomic E-state index is 14.6. The van der Waals surface area contributed by atoms with E-state index in [1.54, 1.807) is 38.5 Å². The Morgan fingerprint density at radius 1 is 0.660 bits per heavy atom. The maximum atomic E-state index is 14.6. The molecule has 2 N–H and O–H groups in total. The van der Waals surface area contributed by atoms with Gasteiger partial charge in [-0.3, -0.25) is 0 Å². The lowest BCUT2D eigenvalue weighted by Gasteiger charge is -2.29. The highest BCUT2D eigenvalue weighted by molar-refractivity contribution is 5.85. The summed E-state index contributed by atoms with van der Waals surface area (Å²) in [6.07, 6.45) is -1.66. The van der Waals surface area contributed by atoms with E-state index in [0.29, 0.717) is 22.6 Å². The van der Waals surface area contributed by atoms with Crippen LogP contribution in [0.1, 0.15) is 57.4 Å². The molecule has 0 aliphatic heterocycles. The number of alkyl carbamates (subject to hydrolysis) is 1. The maximum Gasteiger partial charge on any atom is 0.408 e. The Labute approximate surface area is 307 Å². The molecule has 6 aromatic rings. The highest BCUT2D eigenvalue weighted by Crippen LogP contribution is 2.53. The zero-order valence-corrected chi connectivity index (χ0v) is 29.2. The molecule has 8 rings (SSSR count). The van der Waals surface area contributed by atoms with E-state index in [9.17, 15) is 14.7 Å². The van der Waals surface area contributed by atoms with E-state index in [0.717, 1.165) is 44.5 Å². The monoisotopic (exact) mass is 703 g/mol. The number of nitrogens with one attached hydrogen (secondary N) is 1. The van der Waals surface area contributed by atoms with Gasteiger partial charge < -0.3 is 29.4 Å². The fraction of sp³-hybridized carbons (Fsp3) is 0.156.